The third-order valence-electron chi connectivity index (χ3n) is 2.07. The summed E-state index contributed by atoms with van der Waals surface area (Å²) in [5, 5.41) is 4.11. The molecule has 0 unspecified atom stereocenters. The van der Waals surface area contributed by atoms with Crippen LogP contribution < -0.4 is 4.74 Å². The monoisotopic (exact) mass is 237 g/mol. The second-order valence-corrected chi connectivity index (χ2v) is 3.50. The van der Waals surface area contributed by atoms with Gasteiger partial charge >= 0.3 is 0 Å². The van der Waals surface area contributed by atoms with E-state index in [9.17, 15) is 0 Å². The van der Waals surface area contributed by atoms with E-state index >= 15 is 0 Å². The smallest absolute Gasteiger partial charge is 0.219 e. The van der Waals surface area contributed by atoms with E-state index in [2.05, 4.69) is 10.1 Å². The topological polar surface area (TPSA) is 39.9 Å². The number of rotatable bonds is 4. The summed E-state index contributed by atoms with van der Waals surface area (Å²) < 4.78 is 7.34. The molecule has 0 fully saturated rings. The van der Waals surface area contributed by atoms with Gasteiger partial charge < -0.3 is 4.74 Å². The Labute approximate surface area is 98.8 Å². The molecular weight excluding hydrogens is 226 g/mol. The number of pyridine rings is 1. The highest BCUT2D eigenvalue weighted by Crippen LogP contribution is 2.18. The van der Waals surface area contributed by atoms with Gasteiger partial charge in [0.15, 0.2) is 5.75 Å². The van der Waals surface area contributed by atoms with Crippen LogP contribution in [0.4, 0.5) is 0 Å². The molecule has 2 aromatic rings. The highest BCUT2D eigenvalue weighted by molar-refractivity contribution is 6.16. The maximum absolute atomic E-state index is 5.69. The number of ether oxygens (including phenoxy) is 1. The van der Waals surface area contributed by atoms with Crippen LogP contribution in [0.2, 0.25) is 0 Å². The van der Waals surface area contributed by atoms with E-state index in [-0.39, 0.29) is 0 Å². The zero-order valence-electron chi connectivity index (χ0n) is 8.93. The summed E-state index contributed by atoms with van der Waals surface area (Å²) in [6.07, 6.45) is 3.49. The van der Waals surface area contributed by atoms with Crippen molar-refractivity contribution in [2.75, 3.05) is 0 Å². The summed E-state index contributed by atoms with van der Waals surface area (Å²) in [5.41, 5.74) is 0.794. The van der Waals surface area contributed by atoms with E-state index < -0.39 is 0 Å². The van der Waals surface area contributed by atoms with Crippen molar-refractivity contribution < 1.29 is 4.74 Å². The fourth-order valence-electron chi connectivity index (χ4n) is 1.28. The first-order chi connectivity index (χ1) is 7.81. The quantitative estimate of drug-likeness (QED) is 0.768. The molecule has 0 aliphatic heterocycles. The third kappa shape index (κ3) is 2.52. The Hall–Kier alpha value is -1.55. The van der Waals surface area contributed by atoms with Crippen molar-refractivity contribution in [3.8, 4) is 11.6 Å². The van der Waals surface area contributed by atoms with Gasteiger partial charge in [-0.1, -0.05) is 6.07 Å². The van der Waals surface area contributed by atoms with Crippen molar-refractivity contribution in [2.45, 2.75) is 19.3 Å². The van der Waals surface area contributed by atoms with Crippen molar-refractivity contribution in [3.63, 3.8) is 0 Å². The highest BCUT2D eigenvalue weighted by atomic mass is 35.5. The molecule has 2 aromatic heterocycles. The molecule has 16 heavy (non-hydrogen) atoms. The Bertz CT molecular complexity index is 470. The van der Waals surface area contributed by atoms with E-state index in [1.54, 1.807) is 16.9 Å². The van der Waals surface area contributed by atoms with Crippen LogP contribution in [0.25, 0.3) is 0 Å². The second kappa shape index (κ2) is 4.99. The zero-order chi connectivity index (χ0) is 11.4. The molecule has 0 bridgehead atoms. The molecule has 0 aliphatic rings. The van der Waals surface area contributed by atoms with Gasteiger partial charge in [0.25, 0.3) is 0 Å². The highest BCUT2D eigenvalue weighted by Gasteiger charge is 2.02. The number of hydrogen-bond donors (Lipinski definition) is 0. The van der Waals surface area contributed by atoms with E-state index in [1.165, 1.54) is 0 Å². The van der Waals surface area contributed by atoms with Gasteiger partial charge in [0.2, 0.25) is 5.88 Å². The molecule has 0 aromatic carbocycles. The first-order valence-electron chi connectivity index (χ1n) is 5.04. The molecule has 0 atom stereocenters. The number of aryl methyl sites for hydroxylation is 1. The number of nitrogens with zero attached hydrogens (tertiary/aromatic N) is 3. The van der Waals surface area contributed by atoms with Gasteiger partial charge in [0.1, 0.15) is 0 Å². The Morgan fingerprint density at radius 3 is 3.00 bits per heavy atom. The lowest BCUT2D eigenvalue weighted by Crippen LogP contribution is -1.92. The summed E-state index contributed by atoms with van der Waals surface area (Å²) in [6.45, 7) is 2.83. The third-order valence-corrected chi connectivity index (χ3v) is 2.35. The summed E-state index contributed by atoms with van der Waals surface area (Å²) in [4.78, 5) is 4.23. The molecule has 5 heteroatoms. The van der Waals surface area contributed by atoms with Crippen LogP contribution in [0.15, 0.2) is 30.6 Å². The van der Waals surface area contributed by atoms with Crippen LogP contribution >= 0.6 is 11.6 Å². The predicted octanol–water partition coefficient (Wildman–Crippen LogP) is 2.83. The Balaban J connectivity index is 2.13. The van der Waals surface area contributed by atoms with E-state index in [4.69, 9.17) is 16.3 Å². The summed E-state index contributed by atoms with van der Waals surface area (Å²) in [5.74, 6) is 1.60. The van der Waals surface area contributed by atoms with E-state index in [0.717, 1.165) is 12.2 Å². The normalized spacial score (nSPS) is 10.4. The maximum Gasteiger partial charge on any atom is 0.219 e. The average molecular weight is 238 g/mol. The molecule has 0 radical (unpaired) electrons. The Morgan fingerprint density at radius 1 is 1.44 bits per heavy atom. The summed E-state index contributed by atoms with van der Waals surface area (Å²) >= 11 is 5.69. The average Bonchev–Trinajstić information content (AvgIpc) is 2.77. The molecular formula is C11H12ClN3O. The Kier molecular flexibility index (Phi) is 3.41. The lowest BCUT2D eigenvalue weighted by Gasteiger charge is -2.02. The fourth-order valence-corrected chi connectivity index (χ4v) is 1.43. The lowest BCUT2D eigenvalue weighted by molar-refractivity contribution is 0.460. The van der Waals surface area contributed by atoms with Gasteiger partial charge in [-0.3, -0.25) is 4.68 Å². The van der Waals surface area contributed by atoms with Gasteiger partial charge in [-0.15, -0.1) is 11.6 Å². The first-order valence-corrected chi connectivity index (χ1v) is 5.57. The molecule has 2 heterocycles. The van der Waals surface area contributed by atoms with Crippen molar-refractivity contribution in [1.29, 1.82) is 0 Å². The number of hydrogen-bond acceptors (Lipinski definition) is 3. The van der Waals surface area contributed by atoms with Crippen molar-refractivity contribution in [1.82, 2.24) is 14.8 Å². The lowest BCUT2D eigenvalue weighted by atomic mass is 10.4. The van der Waals surface area contributed by atoms with Crippen molar-refractivity contribution >= 4 is 11.6 Å². The molecule has 0 spiro atoms. The molecule has 2 rings (SSSR count). The molecule has 0 saturated heterocycles. The molecule has 84 valence electrons. The summed E-state index contributed by atoms with van der Waals surface area (Å²) in [6, 6.07) is 5.51. The van der Waals surface area contributed by atoms with Crippen LogP contribution in [-0.2, 0) is 12.4 Å². The van der Waals surface area contributed by atoms with Gasteiger partial charge in [0.05, 0.1) is 24.0 Å². The van der Waals surface area contributed by atoms with E-state index in [0.29, 0.717) is 17.5 Å². The number of alkyl halides is 1. The van der Waals surface area contributed by atoms with Gasteiger partial charge in [-0.05, 0) is 13.0 Å². The minimum atomic E-state index is 0.380. The van der Waals surface area contributed by atoms with Crippen LogP contribution in [0, 0.1) is 0 Å². The minimum Gasteiger partial charge on any atom is -0.436 e. The Morgan fingerprint density at radius 2 is 2.31 bits per heavy atom. The zero-order valence-corrected chi connectivity index (χ0v) is 9.68. The van der Waals surface area contributed by atoms with Crippen LogP contribution in [0.1, 0.15) is 12.6 Å². The van der Waals surface area contributed by atoms with Crippen molar-refractivity contribution in [2.24, 2.45) is 0 Å². The molecule has 0 aliphatic carbocycles. The first kappa shape index (κ1) is 11.0. The predicted molar refractivity (Wildman–Crippen MR) is 61.8 cm³/mol. The standard InChI is InChI=1S/C11H12ClN3O/c1-2-15-8-10(7-13-15)16-11-5-3-4-9(6-12)14-11/h3-5,7-8H,2,6H2,1H3. The largest absolute Gasteiger partial charge is 0.436 e. The molecule has 0 N–H and O–H groups in total. The fraction of sp³-hybridized carbons (Fsp3) is 0.273. The molecule has 0 amide bonds. The number of aromatic nitrogens is 3. The van der Waals surface area contributed by atoms with Crippen LogP contribution in [0.3, 0.4) is 0 Å². The van der Waals surface area contributed by atoms with Crippen LogP contribution in [0.5, 0.6) is 11.6 Å². The number of halogens is 1. The summed E-state index contributed by atoms with van der Waals surface area (Å²) in [7, 11) is 0. The molecule has 0 saturated carbocycles. The van der Waals surface area contributed by atoms with Gasteiger partial charge in [-0.25, -0.2) is 4.98 Å². The van der Waals surface area contributed by atoms with Gasteiger partial charge in [0, 0.05) is 12.6 Å². The van der Waals surface area contributed by atoms with Crippen LogP contribution in [-0.4, -0.2) is 14.8 Å². The molecule has 4 nitrogen and oxygen atoms in total. The van der Waals surface area contributed by atoms with Crippen molar-refractivity contribution in [3.05, 3.63) is 36.3 Å². The SMILES string of the molecule is CCn1cc(Oc2cccc(CCl)n2)cn1. The van der Waals surface area contributed by atoms with E-state index in [1.807, 2.05) is 25.3 Å². The maximum atomic E-state index is 5.69. The second-order valence-electron chi connectivity index (χ2n) is 3.23. The minimum absolute atomic E-state index is 0.380. The van der Waals surface area contributed by atoms with Gasteiger partial charge in [-0.2, -0.15) is 5.10 Å².